The van der Waals surface area contributed by atoms with Crippen molar-refractivity contribution in [1.29, 1.82) is 0 Å². The number of aromatic nitrogens is 4. The van der Waals surface area contributed by atoms with Crippen LogP contribution in [-0.2, 0) is 39.3 Å². The molecular weight excluding hydrogens is 832 g/mol. The Morgan fingerprint density at radius 3 is 2.15 bits per heavy atom. The summed E-state index contributed by atoms with van der Waals surface area (Å²) in [7, 11) is 0. The van der Waals surface area contributed by atoms with Crippen LogP contribution in [0.2, 0.25) is 0 Å². The minimum absolute atomic E-state index is 0. The van der Waals surface area contributed by atoms with Gasteiger partial charge in [-0.15, -0.1) is 41.3 Å². The first-order valence-electron chi connectivity index (χ1n) is 18.7. The summed E-state index contributed by atoms with van der Waals surface area (Å²) >= 11 is 0. The molecule has 5 nitrogen and oxygen atoms in total. The predicted octanol–water partition coefficient (Wildman–Crippen LogP) is 12.2. The van der Waals surface area contributed by atoms with Crippen molar-refractivity contribution in [3.63, 3.8) is 0 Å². The van der Waals surface area contributed by atoms with Crippen molar-refractivity contribution in [2.24, 2.45) is 11.8 Å². The van der Waals surface area contributed by atoms with Gasteiger partial charge >= 0.3 is 21.1 Å². The Morgan fingerprint density at radius 1 is 0.755 bits per heavy atom. The van der Waals surface area contributed by atoms with E-state index in [-0.39, 0.29) is 26.5 Å². The van der Waals surface area contributed by atoms with Gasteiger partial charge in [0.2, 0.25) is 0 Å². The monoisotopic (exact) mass is 881 g/mol. The van der Waals surface area contributed by atoms with Crippen molar-refractivity contribution >= 4 is 21.8 Å². The SMILES string of the molecule is CC(C)Cc1cccc(CC(C)C)c1-c1cnn(-c2[c-]c(Oc3[c-]c4c(cc3)c3ccccc3n4-c3cc(C(C)C)ccn3)cc(C(C)(C)C)c2)c1.[Pt+2]. The van der Waals surface area contributed by atoms with E-state index in [0.29, 0.717) is 29.3 Å². The maximum atomic E-state index is 6.66. The molecular formula is C47H50N4OPt. The summed E-state index contributed by atoms with van der Waals surface area (Å²) in [6.07, 6.45) is 8.10. The zero-order chi connectivity index (χ0) is 36.7. The van der Waals surface area contributed by atoms with Gasteiger partial charge in [-0.3, -0.25) is 4.68 Å². The Balaban J connectivity index is 0.00000481. The average Bonchev–Trinajstić information content (AvgIpc) is 3.70. The topological polar surface area (TPSA) is 44.9 Å². The first-order chi connectivity index (χ1) is 24.9. The van der Waals surface area contributed by atoms with Crippen LogP contribution in [0.4, 0.5) is 0 Å². The maximum Gasteiger partial charge on any atom is 2.00 e. The van der Waals surface area contributed by atoms with Crippen LogP contribution in [0.1, 0.15) is 90.5 Å². The molecule has 0 aliphatic rings. The molecule has 4 aromatic carbocycles. The first kappa shape index (κ1) is 38.3. The van der Waals surface area contributed by atoms with Crippen molar-refractivity contribution in [1.82, 2.24) is 19.3 Å². The summed E-state index contributed by atoms with van der Waals surface area (Å²) in [6.45, 7) is 20.2. The summed E-state index contributed by atoms with van der Waals surface area (Å²) < 4.78 is 10.8. The number of hydrogen-bond donors (Lipinski definition) is 0. The van der Waals surface area contributed by atoms with E-state index in [1.165, 1.54) is 22.3 Å². The fourth-order valence-corrected chi connectivity index (χ4v) is 7.17. The van der Waals surface area contributed by atoms with Gasteiger partial charge in [-0.2, -0.15) is 11.2 Å². The molecule has 0 amide bonds. The van der Waals surface area contributed by atoms with E-state index < -0.39 is 0 Å². The molecule has 0 unspecified atom stereocenters. The van der Waals surface area contributed by atoms with Gasteiger partial charge in [0.05, 0.1) is 6.20 Å². The van der Waals surface area contributed by atoms with Crippen LogP contribution in [0, 0.1) is 24.0 Å². The van der Waals surface area contributed by atoms with E-state index >= 15 is 0 Å². The van der Waals surface area contributed by atoms with Gasteiger partial charge < -0.3 is 9.30 Å². The van der Waals surface area contributed by atoms with Crippen LogP contribution >= 0.6 is 0 Å². The van der Waals surface area contributed by atoms with E-state index in [9.17, 15) is 0 Å². The fraction of sp³-hybridized carbons (Fsp3) is 0.319. The third-order valence-corrected chi connectivity index (χ3v) is 9.75. The average molecular weight is 882 g/mol. The zero-order valence-electron chi connectivity index (χ0n) is 32.4. The molecule has 0 fully saturated rings. The van der Waals surface area contributed by atoms with Gasteiger partial charge in [-0.25, -0.2) is 4.98 Å². The van der Waals surface area contributed by atoms with Crippen LogP contribution < -0.4 is 4.74 Å². The summed E-state index contributed by atoms with van der Waals surface area (Å²) in [6, 6.07) is 35.1. The fourth-order valence-electron chi connectivity index (χ4n) is 7.17. The van der Waals surface area contributed by atoms with Gasteiger partial charge in [-0.05, 0) is 87.5 Å². The zero-order valence-corrected chi connectivity index (χ0v) is 34.7. The molecule has 0 aliphatic heterocycles. The van der Waals surface area contributed by atoms with Gasteiger partial charge in [-0.1, -0.05) is 104 Å². The third-order valence-electron chi connectivity index (χ3n) is 9.75. The summed E-state index contributed by atoms with van der Waals surface area (Å²) in [5, 5.41) is 7.17. The number of rotatable bonds is 10. The molecule has 3 aromatic heterocycles. The van der Waals surface area contributed by atoms with E-state index in [0.717, 1.165) is 57.3 Å². The predicted molar refractivity (Wildman–Crippen MR) is 215 cm³/mol. The van der Waals surface area contributed by atoms with Gasteiger partial charge in [0.1, 0.15) is 5.82 Å². The Hall–Kier alpha value is -4.47. The molecule has 0 bridgehead atoms. The van der Waals surface area contributed by atoms with E-state index in [4.69, 9.17) is 14.8 Å². The summed E-state index contributed by atoms with van der Waals surface area (Å²) in [5.41, 5.74) is 10.3. The largest absolute Gasteiger partial charge is 2.00 e. The molecule has 0 N–H and O–H groups in total. The maximum absolute atomic E-state index is 6.66. The van der Waals surface area contributed by atoms with Crippen LogP contribution in [0.5, 0.6) is 11.5 Å². The van der Waals surface area contributed by atoms with Gasteiger partial charge in [0, 0.05) is 35.0 Å². The summed E-state index contributed by atoms with van der Waals surface area (Å²) in [5.74, 6) is 3.61. The number of nitrogens with zero attached hydrogens (tertiary/aromatic N) is 4. The molecule has 3 heterocycles. The van der Waals surface area contributed by atoms with Gasteiger partial charge in [0.25, 0.3) is 0 Å². The molecule has 7 rings (SSSR count). The number of hydrogen-bond acceptors (Lipinski definition) is 3. The van der Waals surface area contributed by atoms with Crippen molar-refractivity contribution in [2.45, 2.75) is 86.5 Å². The Morgan fingerprint density at radius 2 is 1.47 bits per heavy atom. The van der Waals surface area contributed by atoms with E-state index in [1.807, 2.05) is 23.1 Å². The summed E-state index contributed by atoms with van der Waals surface area (Å²) in [4.78, 5) is 4.81. The smallest absolute Gasteiger partial charge is 0.509 e. The molecule has 274 valence electrons. The van der Waals surface area contributed by atoms with Crippen LogP contribution in [0.25, 0.3) is 44.4 Å². The molecule has 0 saturated carbocycles. The van der Waals surface area contributed by atoms with Crippen LogP contribution in [-0.4, -0.2) is 19.3 Å². The van der Waals surface area contributed by atoms with Crippen LogP contribution in [0.15, 0.2) is 97.5 Å². The molecule has 0 saturated heterocycles. The molecule has 7 aromatic rings. The normalized spacial score (nSPS) is 12.0. The Bertz CT molecular complexity index is 2340. The molecule has 0 spiro atoms. The minimum Gasteiger partial charge on any atom is -0.509 e. The molecule has 6 heteroatoms. The number of fused-ring (bicyclic) bond motifs is 3. The third kappa shape index (κ3) is 8.06. The number of pyridine rings is 1. The first-order valence-corrected chi connectivity index (χ1v) is 18.7. The second kappa shape index (κ2) is 15.5. The molecule has 0 aliphatic carbocycles. The van der Waals surface area contributed by atoms with Crippen LogP contribution in [0.3, 0.4) is 0 Å². The van der Waals surface area contributed by atoms with E-state index in [2.05, 4.69) is 158 Å². The van der Waals surface area contributed by atoms with Gasteiger partial charge in [0.15, 0.2) is 0 Å². The van der Waals surface area contributed by atoms with Crippen molar-refractivity contribution in [2.75, 3.05) is 0 Å². The Labute approximate surface area is 329 Å². The van der Waals surface area contributed by atoms with Crippen molar-refractivity contribution in [3.8, 4) is 34.1 Å². The minimum atomic E-state index is -0.126. The number of benzene rings is 4. The van der Waals surface area contributed by atoms with Crippen molar-refractivity contribution in [3.05, 3.63) is 132 Å². The second-order valence-electron chi connectivity index (χ2n) is 16.3. The standard InChI is InChI=1S/C47H50N4O.Pt/c1-30(2)21-34-13-12-14-35(22-31(3)4)46(34)36-28-49-50(29-36)38-24-37(47(7,8)9)25-40(26-38)52-39-17-18-42-41-15-10-11-16-43(41)51(44(42)27-39)45-23-33(32(5)6)19-20-48-45;/h10-20,23-25,28-32H,21-22H2,1-9H3;/q-2;+2. The number of ether oxygens (including phenoxy) is 1. The molecule has 0 radical (unpaired) electrons. The molecule has 0 atom stereocenters. The molecule has 53 heavy (non-hydrogen) atoms. The Kier molecular flexibility index (Phi) is 11.2. The van der Waals surface area contributed by atoms with Crippen molar-refractivity contribution < 1.29 is 25.8 Å². The quantitative estimate of drug-likeness (QED) is 0.129. The second-order valence-corrected chi connectivity index (χ2v) is 16.3. The van der Waals surface area contributed by atoms with E-state index in [1.54, 1.807) is 0 Å². The number of para-hydroxylation sites is 1.